The van der Waals surface area contributed by atoms with Crippen LogP contribution in [0.15, 0.2) is 17.1 Å². The monoisotopic (exact) mass is 423 g/mol. The maximum absolute atomic E-state index is 11.4. The van der Waals surface area contributed by atoms with Gasteiger partial charge < -0.3 is 16.0 Å². The maximum Gasteiger partial charge on any atom is 0.233 e. The molecule has 0 aromatic carbocycles. The normalized spacial score (nSPS) is 17.1. The van der Waals surface area contributed by atoms with Crippen molar-refractivity contribution in [2.45, 2.75) is 32.2 Å². The van der Waals surface area contributed by atoms with Crippen LogP contribution in [-0.4, -0.2) is 63.1 Å². The Bertz CT molecular complexity index is 365. The standard InChI is InChI=1S/C15H29N5O.HI/c1-4-5-6-9-18-15(17-3)19-13-7-10-20(11-8-13)12-14(21)16-2;/h4-5,13H,6-12H2,1-3H3,(H,16,21)(H2,17,18,19);1H/b5-4+;. The molecule has 0 spiro atoms. The third-order valence-electron chi connectivity index (χ3n) is 3.64. The molecule has 0 aromatic rings. The second-order valence-electron chi connectivity index (χ2n) is 5.22. The number of guanidine groups is 1. The van der Waals surface area contributed by atoms with E-state index in [2.05, 4.69) is 38.0 Å². The molecule has 3 N–H and O–H groups in total. The fourth-order valence-electron chi connectivity index (χ4n) is 2.35. The van der Waals surface area contributed by atoms with Gasteiger partial charge in [-0.05, 0) is 26.2 Å². The number of nitrogens with zero attached hydrogens (tertiary/aromatic N) is 2. The van der Waals surface area contributed by atoms with Gasteiger partial charge >= 0.3 is 0 Å². The van der Waals surface area contributed by atoms with E-state index in [1.54, 1.807) is 14.1 Å². The molecular formula is C15H30IN5O. The van der Waals surface area contributed by atoms with Crippen LogP contribution in [0.2, 0.25) is 0 Å². The van der Waals surface area contributed by atoms with E-state index in [9.17, 15) is 4.79 Å². The van der Waals surface area contributed by atoms with Crippen molar-refractivity contribution in [1.82, 2.24) is 20.9 Å². The number of aliphatic imine (C=N–C) groups is 1. The third-order valence-corrected chi connectivity index (χ3v) is 3.64. The molecule has 1 aliphatic rings. The lowest BCUT2D eigenvalue weighted by Crippen LogP contribution is -2.50. The Hall–Kier alpha value is -0.830. The summed E-state index contributed by atoms with van der Waals surface area (Å²) in [5.41, 5.74) is 0. The lowest BCUT2D eigenvalue weighted by atomic mass is 10.1. The predicted octanol–water partition coefficient (Wildman–Crippen LogP) is 0.946. The average molecular weight is 423 g/mol. The Kier molecular flexibility index (Phi) is 12.2. The van der Waals surface area contributed by atoms with Gasteiger partial charge in [0.15, 0.2) is 5.96 Å². The lowest BCUT2D eigenvalue weighted by molar-refractivity contribution is -0.122. The number of nitrogens with one attached hydrogen (secondary N) is 3. The molecule has 0 bridgehead atoms. The van der Waals surface area contributed by atoms with E-state index in [4.69, 9.17) is 0 Å². The highest BCUT2D eigenvalue weighted by Crippen LogP contribution is 2.09. The fraction of sp³-hybridized carbons (Fsp3) is 0.733. The van der Waals surface area contributed by atoms with Crippen molar-refractivity contribution in [3.8, 4) is 0 Å². The van der Waals surface area contributed by atoms with Crippen molar-refractivity contribution in [3.63, 3.8) is 0 Å². The number of carbonyl (C=O) groups excluding carboxylic acids is 1. The molecule has 0 aromatic heterocycles. The minimum absolute atomic E-state index is 0. The van der Waals surface area contributed by atoms with Crippen molar-refractivity contribution in [3.05, 3.63) is 12.2 Å². The molecule has 128 valence electrons. The first-order valence-electron chi connectivity index (χ1n) is 7.70. The second-order valence-corrected chi connectivity index (χ2v) is 5.22. The molecule has 1 fully saturated rings. The summed E-state index contributed by atoms with van der Waals surface area (Å²) in [5.74, 6) is 0.951. The van der Waals surface area contributed by atoms with Crippen molar-refractivity contribution in [2.24, 2.45) is 4.99 Å². The van der Waals surface area contributed by atoms with Crippen molar-refractivity contribution < 1.29 is 4.79 Å². The van der Waals surface area contributed by atoms with Gasteiger partial charge in [-0.15, -0.1) is 24.0 Å². The SMILES string of the molecule is C/C=C/CCNC(=NC)NC1CCN(CC(=O)NC)CC1.I. The first kappa shape index (κ1) is 21.2. The van der Waals surface area contributed by atoms with Crippen LogP contribution in [0.3, 0.4) is 0 Å². The number of piperidine rings is 1. The minimum atomic E-state index is 0. The van der Waals surface area contributed by atoms with Crippen LogP contribution in [0, 0.1) is 0 Å². The summed E-state index contributed by atoms with van der Waals surface area (Å²) in [6, 6.07) is 0.429. The molecule has 1 aliphatic heterocycles. The highest BCUT2D eigenvalue weighted by Gasteiger charge is 2.20. The molecular weight excluding hydrogens is 393 g/mol. The number of halogens is 1. The number of amides is 1. The number of likely N-dealkylation sites (N-methyl/N-ethyl adjacent to an activating group) is 1. The largest absolute Gasteiger partial charge is 0.358 e. The summed E-state index contributed by atoms with van der Waals surface area (Å²) in [6.07, 6.45) is 7.26. The van der Waals surface area contributed by atoms with Gasteiger partial charge in [0, 0.05) is 39.8 Å². The summed E-state index contributed by atoms with van der Waals surface area (Å²) in [6.45, 7) is 5.31. The van der Waals surface area contributed by atoms with E-state index < -0.39 is 0 Å². The van der Waals surface area contributed by atoms with Crippen LogP contribution in [0.4, 0.5) is 0 Å². The number of carbonyl (C=O) groups is 1. The van der Waals surface area contributed by atoms with E-state index >= 15 is 0 Å². The highest BCUT2D eigenvalue weighted by atomic mass is 127. The fourth-order valence-corrected chi connectivity index (χ4v) is 2.35. The first-order chi connectivity index (χ1) is 10.2. The Morgan fingerprint density at radius 2 is 2.05 bits per heavy atom. The van der Waals surface area contributed by atoms with Crippen molar-refractivity contribution >= 4 is 35.8 Å². The summed E-state index contributed by atoms with van der Waals surface area (Å²) >= 11 is 0. The van der Waals surface area contributed by atoms with E-state index in [0.717, 1.165) is 44.9 Å². The average Bonchev–Trinajstić information content (AvgIpc) is 2.51. The van der Waals surface area contributed by atoms with Gasteiger partial charge in [0.1, 0.15) is 0 Å². The molecule has 0 radical (unpaired) electrons. The highest BCUT2D eigenvalue weighted by molar-refractivity contribution is 14.0. The van der Waals surface area contributed by atoms with Crippen LogP contribution < -0.4 is 16.0 Å². The van der Waals surface area contributed by atoms with Gasteiger partial charge in [0.05, 0.1) is 6.54 Å². The van der Waals surface area contributed by atoms with Gasteiger partial charge in [-0.2, -0.15) is 0 Å². The molecule has 0 aliphatic carbocycles. The zero-order valence-corrected chi connectivity index (χ0v) is 16.2. The molecule has 0 atom stereocenters. The maximum atomic E-state index is 11.4. The van der Waals surface area contributed by atoms with Crippen LogP contribution in [0.5, 0.6) is 0 Å². The first-order valence-corrected chi connectivity index (χ1v) is 7.70. The Labute approximate surface area is 151 Å². The van der Waals surface area contributed by atoms with Crippen molar-refractivity contribution in [1.29, 1.82) is 0 Å². The van der Waals surface area contributed by atoms with E-state index in [1.165, 1.54) is 0 Å². The van der Waals surface area contributed by atoms with Crippen LogP contribution in [0.1, 0.15) is 26.2 Å². The van der Waals surface area contributed by atoms with Crippen LogP contribution >= 0.6 is 24.0 Å². The molecule has 0 saturated carbocycles. The molecule has 7 heteroatoms. The number of hydrogen-bond acceptors (Lipinski definition) is 3. The Balaban J connectivity index is 0.00000441. The van der Waals surface area contributed by atoms with E-state index in [1.807, 2.05) is 6.92 Å². The van der Waals surface area contributed by atoms with Crippen molar-refractivity contribution in [2.75, 3.05) is 40.3 Å². The molecule has 1 heterocycles. The Morgan fingerprint density at radius 1 is 1.36 bits per heavy atom. The van der Waals surface area contributed by atoms with Gasteiger partial charge in [-0.3, -0.25) is 14.7 Å². The molecule has 0 unspecified atom stereocenters. The lowest BCUT2D eigenvalue weighted by Gasteiger charge is -2.32. The van der Waals surface area contributed by atoms with Gasteiger partial charge in [-0.25, -0.2) is 0 Å². The smallest absolute Gasteiger partial charge is 0.233 e. The topological polar surface area (TPSA) is 68.8 Å². The van der Waals surface area contributed by atoms with Gasteiger partial charge in [-0.1, -0.05) is 12.2 Å². The van der Waals surface area contributed by atoms with Gasteiger partial charge in [0.25, 0.3) is 0 Å². The summed E-state index contributed by atoms with van der Waals surface area (Å²) < 4.78 is 0. The number of hydrogen-bond donors (Lipinski definition) is 3. The van der Waals surface area contributed by atoms with Gasteiger partial charge in [0.2, 0.25) is 5.91 Å². The molecule has 1 saturated heterocycles. The Morgan fingerprint density at radius 3 is 2.59 bits per heavy atom. The summed E-state index contributed by atoms with van der Waals surface area (Å²) in [7, 11) is 3.48. The molecule has 1 rings (SSSR count). The summed E-state index contributed by atoms with van der Waals surface area (Å²) in [4.78, 5) is 17.8. The second kappa shape index (κ2) is 12.7. The van der Waals surface area contributed by atoms with Crippen LogP contribution in [0.25, 0.3) is 0 Å². The summed E-state index contributed by atoms with van der Waals surface area (Å²) in [5, 5.41) is 9.44. The zero-order valence-electron chi connectivity index (χ0n) is 13.9. The number of allylic oxidation sites excluding steroid dienone is 1. The van der Waals surface area contributed by atoms with Crippen LogP contribution in [-0.2, 0) is 4.79 Å². The molecule has 6 nitrogen and oxygen atoms in total. The number of likely N-dealkylation sites (tertiary alicyclic amines) is 1. The third kappa shape index (κ3) is 8.57. The molecule has 22 heavy (non-hydrogen) atoms. The minimum Gasteiger partial charge on any atom is -0.358 e. The number of rotatable bonds is 6. The van der Waals surface area contributed by atoms with E-state index in [-0.39, 0.29) is 29.9 Å². The quantitative estimate of drug-likeness (QED) is 0.196. The molecule has 1 amide bonds. The predicted molar refractivity (Wildman–Crippen MR) is 103 cm³/mol. The van der Waals surface area contributed by atoms with E-state index in [0.29, 0.717) is 12.6 Å². The zero-order chi connectivity index (χ0) is 15.5.